The highest BCUT2D eigenvalue weighted by atomic mass is 32.2. The second-order valence-electron chi connectivity index (χ2n) is 5.28. The molecule has 1 aromatic heterocycles. The monoisotopic (exact) mass is 298 g/mol. The van der Waals surface area contributed by atoms with E-state index in [9.17, 15) is 4.79 Å². The summed E-state index contributed by atoms with van der Waals surface area (Å²) in [6, 6.07) is 0. The van der Waals surface area contributed by atoms with E-state index in [4.69, 9.17) is 9.15 Å². The van der Waals surface area contributed by atoms with Gasteiger partial charge in [-0.25, -0.2) is 4.98 Å². The zero-order valence-corrected chi connectivity index (χ0v) is 13.3. The molecule has 2 unspecified atom stereocenters. The summed E-state index contributed by atoms with van der Waals surface area (Å²) in [4.78, 5) is 16.4. The molecular formula is C14H22N2O3S. The molecule has 1 heterocycles. The minimum atomic E-state index is -0.568. The number of aromatic nitrogens is 1. The van der Waals surface area contributed by atoms with E-state index in [1.54, 1.807) is 11.8 Å². The topological polar surface area (TPSA) is 64.4 Å². The Morgan fingerprint density at radius 3 is 2.85 bits per heavy atom. The Morgan fingerprint density at radius 1 is 1.55 bits per heavy atom. The smallest absolute Gasteiger partial charge is 0.326 e. The molecule has 20 heavy (non-hydrogen) atoms. The molecule has 1 fully saturated rings. The summed E-state index contributed by atoms with van der Waals surface area (Å²) >= 11 is 1.62. The highest BCUT2D eigenvalue weighted by Crippen LogP contribution is 2.38. The van der Waals surface area contributed by atoms with E-state index in [1.165, 1.54) is 7.11 Å². The Bertz CT molecular complexity index is 469. The van der Waals surface area contributed by atoms with Gasteiger partial charge in [-0.1, -0.05) is 11.8 Å². The zero-order chi connectivity index (χ0) is 14.8. The number of carbonyl (C=O) groups excluding carboxylic acids is 1. The van der Waals surface area contributed by atoms with Gasteiger partial charge in [0.1, 0.15) is 11.3 Å². The molecule has 0 bridgehead atoms. The Morgan fingerprint density at radius 2 is 2.30 bits per heavy atom. The van der Waals surface area contributed by atoms with Crippen molar-refractivity contribution in [2.75, 3.05) is 14.2 Å². The molecule has 2 atom stereocenters. The second-order valence-corrected chi connectivity index (χ2v) is 6.53. The zero-order valence-electron chi connectivity index (χ0n) is 12.5. The minimum absolute atomic E-state index is 0.176. The van der Waals surface area contributed by atoms with Gasteiger partial charge in [0.15, 0.2) is 0 Å². The number of oxazole rings is 1. The molecule has 2 rings (SSSR count). The molecule has 0 radical (unpaired) electrons. The molecule has 1 aliphatic rings. The lowest BCUT2D eigenvalue weighted by Gasteiger charge is -2.37. The van der Waals surface area contributed by atoms with Crippen molar-refractivity contribution in [3.05, 3.63) is 11.5 Å². The Balaban J connectivity index is 2.08. The second kappa shape index (κ2) is 6.18. The molecule has 0 saturated heterocycles. The molecule has 0 spiro atoms. The first-order valence-electron chi connectivity index (χ1n) is 6.89. The van der Waals surface area contributed by atoms with Crippen LogP contribution in [-0.2, 0) is 9.53 Å². The number of hydrogen-bond acceptors (Lipinski definition) is 6. The first-order valence-corrected chi connectivity index (χ1v) is 7.77. The number of thioether (sulfide) groups is 1. The summed E-state index contributed by atoms with van der Waals surface area (Å²) in [5.41, 5.74) is 0.359. The first kappa shape index (κ1) is 15.4. The van der Waals surface area contributed by atoms with Crippen molar-refractivity contribution >= 4 is 17.7 Å². The van der Waals surface area contributed by atoms with Gasteiger partial charge in [0.2, 0.25) is 0 Å². The van der Waals surface area contributed by atoms with E-state index in [1.807, 2.05) is 20.9 Å². The van der Waals surface area contributed by atoms with Gasteiger partial charge >= 0.3 is 5.97 Å². The van der Waals surface area contributed by atoms with Crippen LogP contribution in [0.3, 0.4) is 0 Å². The summed E-state index contributed by atoms with van der Waals surface area (Å²) in [7, 11) is 3.27. The van der Waals surface area contributed by atoms with Crippen LogP contribution in [0.2, 0.25) is 0 Å². The van der Waals surface area contributed by atoms with E-state index >= 15 is 0 Å². The number of esters is 1. The number of methoxy groups -OCH3 is 1. The maximum absolute atomic E-state index is 12.0. The number of hydrogen-bond donors (Lipinski definition) is 1. The van der Waals surface area contributed by atoms with Crippen LogP contribution in [-0.4, -0.2) is 35.9 Å². The summed E-state index contributed by atoms with van der Waals surface area (Å²) in [6.45, 7) is 3.86. The summed E-state index contributed by atoms with van der Waals surface area (Å²) in [5, 5.41) is 4.17. The van der Waals surface area contributed by atoms with Gasteiger partial charge in [0, 0.05) is 5.25 Å². The van der Waals surface area contributed by atoms with E-state index in [0.29, 0.717) is 10.5 Å². The predicted molar refractivity (Wildman–Crippen MR) is 77.9 cm³/mol. The number of nitrogens with one attached hydrogen (secondary N) is 1. The number of carbonyl (C=O) groups is 1. The Kier molecular flexibility index (Phi) is 4.75. The average molecular weight is 298 g/mol. The van der Waals surface area contributed by atoms with Gasteiger partial charge in [0.05, 0.1) is 12.8 Å². The van der Waals surface area contributed by atoms with Crippen LogP contribution in [0.4, 0.5) is 0 Å². The van der Waals surface area contributed by atoms with Crippen LogP contribution in [0.15, 0.2) is 9.64 Å². The van der Waals surface area contributed by atoms with Crippen LogP contribution in [0.5, 0.6) is 0 Å². The molecule has 5 nitrogen and oxygen atoms in total. The van der Waals surface area contributed by atoms with E-state index in [0.717, 1.165) is 37.1 Å². The largest absolute Gasteiger partial charge is 0.468 e. The third kappa shape index (κ3) is 3.01. The lowest BCUT2D eigenvalue weighted by atomic mass is 9.81. The molecule has 1 saturated carbocycles. The number of nitrogens with zero attached hydrogens (tertiary/aromatic N) is 1. The van der Waals surface area contributed by atoms with Crippen molar-refractivity contribution in [1.29, 1.82) is 0 Å². The molecule has 1 aromatic rings. The van der Waals surface area contributed by atoms with Crippen molar-refractivity contribution in [3.8, 4) is 0 Å². The van der Waals surface area contributed by atoms with E-state index in [-0.39, 0.29) is 5.97 Å². The van der Waals surface area contributed by atoms with Crippen molar-refractivity contribution in [3.63, 3.8) is 0 Å². The predicted octanol–water partition coefficient (Wildman–Crippen LogP) is 2.46. The number of ether oxygens (including phenoxy) is 1. The SMILES string of the molecule is CNC1(C(=O)OC)CCCC(Sc2nc(C)c(C)o2)C1. The maximum atomic E-state index is 12.0. The van der Waals surface area contributed by atoms with Gasteiger partial charge in [-0.3, -0.25) is 4.79 Å². The molecule has 6 heteroatoms. The lowest BCUT2D eigenvalue weighted by molar-refractivity contribution is -0.149. The minimum Gasteiger partial charge on any atom is -0.468 e. The van der Waals surface area contributed by atoms with Gasteiger partial charge in [-0.15, -0.1) is 0 Å². The third-order valence-corrected chi connectivity index (χ3v) is 5.15. The quantitative estimate of drug-likeness (QED) is 0.861. The summed E-state index contributed by atoms with van der Waals surface area (Å²) in [5.74, 6) is 0.682. The fourth-order valence-corrected chi connectivity index (χ4v) is 3.97. The van der Waals surface area contributed by atoms with E-state index in [2.05, 4.69) is 10.3 Å². The van der Waals surface area contributed by atoms with Crippen LogP contribution in [0, 0.1) is 13.8 Å². The van der Waals surface area contributed by atoms with E-state index < -0.39 is 5.54 Å². The number of likely N-dealkylation sites (N-methyl/N-ethyl adjacent to an activating group) is 1. The van der Waals surface area contributed by atoms with Crippen molar-refractivity contribution in [2.24, 2.45) is 0 Å². The number of rotatable bonds is 4. The standard InChI is InChI=1S/C14H22N2O3S/c1-9-10(2)19-13(16-9)20-11-6-5-7-14(8-11,15-3)12(17)18-4/h11,15H,5-8H2,1-4H3. The third-order valence-electron chi connectivity index (χ3n) is 4.04. The van der Waals surface area contributed by atoms with Crippen molar-refractivity contribution in [1.82, 2.24) is 10.3 Å². The fraction of sp³-hybridized carbons (Fsp3) is 0.714. The van der Waals surface area contributed by atoms with Crippen LogP contribution in [0.25, 0.3) is 0 Å². The molecule has 0 amide bonds. The Labute approximate surface area is 123 Å². The lowest BCUT2D eigenvalue weighted by Crippen LogP contribution is -2.54. The van der Waals surface area contributed by atoms with Gasteiger partial charge < -0.3 is 14.5 Å². The van der Waals surface area contributed by atoms with Crippen LogP contribution in [0.1, 0.15) is 37.1 Å². The first-order chi connectivity index (χ1) is 9.50. The highest BCUT2D eigenvalue weighted by molar-refractivity contribution is 7.99. The fourth-order valence-electron chi connectivity index (χ4n) is 2.67. The summed E-state index contributed by atoms with van der Waals surface area (Å²) in [6.07, 6.45) is 3.61. The van der Waals surface area contributed by atoms with Crippen LogP contribution >= 0.6 is 11.8 Å². The molecular weight excluding hydrogens is 276 g/mol. The number of aryl methyl sites for hydroxylation is 2. The van der Waals surface area contributed by atoms with Crippen LogP contribution < -0.4 is 5.32 Å². The maximum Gasteiger partial charge on any atom is 0.326 e. The van der Waals surface area contributed by atoms with Crippen molar-refractivity contribution in [2.45, 2.75) is 55.5 Å². The molecule has 0 aliphatic heterocycles. The summed E-state index contributed by atoms with van der Waals surface area (Å²) < 4.78 is 10.6. The molecule has 0 aromatic carbocycles. The molecule has 1 N–H and O–H groups in total. The normalized spacial score (nSPS) is 26.5. The highest BCUT2D eigenvalue weighted by Gasteiger charge is 2.43. The van der Waals surface area contributed by atoms with Gasteiger partial charge in [0.25, 0.3) is 5.22 Å². The average Bonchev–Trinajstić information content (AvgIpc) is 2.76. The Hall–Kier alpha value is -1.01. The molecule has 112 valence electrons. The molecule has 1 aliphatic carbocycles. The van der Waals surface area contributed by atoms with Crippen molar-refractivity contribution < 1.29 is 13.9 Å². The van der Waals surface area contributed by atoms with Gasteiger partial charge in [-0.05, 0) is 46.6 Å². The van der Waals surface area contributed by atoms with Gasteiger partial charge in [-0.2, -0.15) is 0 Å².